The molecule has 0 spiro atoms. The maximum absolute atomic E-state index is 13.8. The Morgan fingerprint density at radius 1 is 1.05 bits per heavy atom. The summed E-state index contributed by atoms with van der Waals surface area (Å²) in [6.45, 7) is 2.17. The molecule has 0 N–H and O–H groups in total. The molecule has 0 aromatic heterocycles. The highest BCUT2D eigenvalue weighted by Crippen LogP contribution is 2.32. The molecule has 0 saturated heterocycles. The second-order valence-corrected chi connectivity index (χ2v) is 5.79. The van der Waals surface area contributed by atoms with Crippen LogP contribution < -0.4 is 0 Å². The molecular formula is C17H17BrF2. The van der Waals surface area contributed by atoms with Crippen molar-refractivity contribution >= 4 is 15.9 Å². The van der Waals surface area contributed by atoms with Crippen molar-refractivity contribution in [2.75, 3.05) is 0 Å². The van der Waals surface area contributed by atoms with Crippen LogP contribution in [0.3, 0.4) is 0 Å². The molecule has 0 saturated carbocycles. The number of hydrogen-bond donors (Lipinski definition) is 0. The topological polar surface area (TPSA) is 0 Å². The minimum atomic E-state index is -0.555. The Morgan fingerprint density at radius 3 is 2.35 bits per heavy atom. The van der Waals surface area contributed by atoms with Crippen LogP contribution in [0.4, 0.5) is 8.78 Å². The Balaban J connectivity index is 2.18. The predicted octanol–water partition coefficient (Wildman–Crippen LogP) is 5.79. The molecule has 0 aliphatic heterocycles. The minimum absolute atomic E-state index is 0.261. The first-order chi connectivity index (χ1) is 9.61. The van der Waals surface area contributed by atoms with Gasteiger partial charge >= 0.3 is 0 Å². The molecular weight excluding hydrogens is 322 g/mol. The molecule has 2 aromatic rings. The van der Waals surface area contributed by atoms with Crippen molar-refractivity contribution in [2.24, 2.45) is 0 Å². The van der Waals surface area contributed by atoms with Crippen LogP contribution in [0.15, 0.2) is 42.5 Å². The number of benzene rings is 2. The van der Waals surface area contributed by atoms with Crippen LogP contribution in [-0.4, -0.2) is 0 Å². The summed E-state index contributed by atoms with van der Waals surface area (Å²) in [5.41, 5.74) is 2.71. The van der Waals surface area contributed by atoms with Gasteiger partial charge in [0.05, 0.1) is 4.83 Å². The van der Waals surface area contributed by atoms with Crippen molar-refractivity contribution in [3.63, 3.8) is 0 Å². The van der Waals surface area contributed by atoms with Gasteiger partial charge in [0.1, 0.15) is 11.6 Å². The molecule has 20 heavy (non-hydrogen) atoms. The van der Waals surface area contributed by atoms with Gasteiger partial charge in [-0.25, -0.2) is 8.78 Å². The van der Waals surface area contributed by atoms with Crippen LogP contribution >= 0.6 is 15.9 Å². The van der Waals surface area contributed by atoms with E-state index < -0.39 is 11.6 Å². The van der Waals surface area contributed by atoms with Gasteiger partial charge in [0.15, 0.2) is 0 Å². The van der Waals surface area contributed by atoms with Crippen LogP contribution in [0.1, 0.15) is 41.3 Å². The summed E-state index contributed by atoms with van der Waals surface area (Å²) in [5, 5.41) is 0. The quantitative estimate of drug-likeness (QED) is 0.605. The SMILES string of the molecule is CCCCc1ccc(C(Br)c2ccc(F)cc2F)cc1. The second kappa shape index (κ2) is 6.98. The lowest BCUT2D eigenvalue weighted by molar-refractivity contribution is 0.574. The third-order valence-electron chi connectivity index (χ3n) is 3.33. The van der Waals surface area contributed by atoms with Crippen molar-refractivity contribution in [1.82, 2.24) is 0 Å². The maximum atomic E-state index is 13.8. The van der Waals surface area contributed by atoms with Gasteiger partial charge in [0.2, 0.25) is 0 Å². The molecule has 0 heterocycles. The fourth-order valence-electron chi connectivity index (χ4n) is 2.12. The van der Waals surface area contributed by atoms with E-state index in [0.717, 1.165) is 18.1 Å². The Morgan fingerprint density at radius 2 is 1.75 bits per heavy atom. The van der Waals surface area contributed by atoms with Crippen LogP contribution in [-0.2, 0) is 6.42 Å². The number of aryl methyl sites for hydroxylation is 1. The van der Waals surface area contributed by atoms with Crippen LogP contribution in [0.5, 0.6) is 0 Å². The summed E-state index contributed by atoms with van der Waals surface area (Å²) in [7, 11) is 0. The van der Waals surface area contributed by atoms with E-state index in [9.17, 15) is 8.78 Å². The van der Waals surface area contributed by atoms with E-state index in [2.05, 4.69) is 35.0 Å². The molecule has 0 aliphatic carbocycles. The third kappa shape index (κ3) is 3.66. The van der Waals surface area contributed by atoms with Crippen molar-refractivity contribution in [2.45, 2.75) is 31.0 Å². The fourth-order valence-corrected chi connectivity index (χ4v) is 2.80. The van der Waals surface area contributed by atoms with Crippen LogP contribution in [0.2, 0.25) is 0 Å². The molecule has 0 aliphatic rings. The first kappa shape index (κ1) is 15.2. The predicted molar refractivity (Wildman–Crippen MR) is 82.2 cm³/mol. The Labute approximate surface area is 127 Å². The van der Waals surface area contributed by atoms with Crippen molar-refractivity contribution < 1.29 is 8.78 Å². The molecule has 0 amide bonds. The van der Waals surface area contributed by atoms with Gasteiger partial charge < -0.3 is 0 Å². The van der Waals surface area contributed by atoms with E-state index in [-0.39, 0.29) is 4.83 Å². The highest BCUT2D eigenvalue weighted by Gasteiger charge is 2.15. The molecule has 2 aromatic carbocycles. The maximum Gasteiger partial charge on any atom is 0.130 e. The number of alkyl halides is 1. The van der Waals surface area contributed by atoms with Gasteiger partial charge in [0, 0.05) is 11.6 Å². The highest BCUT2D eigenvalue weighted by molar-refractivity contribution is 9.09. The summed E-state index contributed by atoms with van der Waals surface area (Å²) in [4.78, 5) is -0.261. The largest absolute Gasteiger partial charge is 0.207 e. The number of halogens is 3. The minimum Gasteiger partial charge on any atom is -0.207 e. The van der Waals surface area contributed by atoms with E-state index in [1.165, 1.54) is 30.5 Å². The molecule has 0 radical (unpaired) electrons. The molecule has 0 nitrogen and oxygen atoms in total. The van der Waals surface area contributed by atoms with E-state index >= 15 is 0 Å². The number of hydrogen-bond acceptors (Lipinski definition) is 0. The first-order valence-electron chi connectivity index (χ1n) is 6.79. The number of unbranched alkanes of at least 4 members (excludes halogenated alkanes) is 1. The van der Waals surface area contributed by atoms with Crippen LogP contribution in [0, 0.1) is 11.6 Å². The van der Waals surface area contributed by atoms with Gasteiger partial charge in [-0.3, -0.25) is 0 Å². The van der Waals surface area contributed by atoms with Gasteiger partial charge in [0.25, 0.3) is 0 Å². The summed E-state index contributed by atoms with van der Waals surface area (Å²) < 4.78 is 26.7. The Hall–Kier alpha value is -1.22. The van der Waals surface area contributed by atoms with E-state index in [1.807, 2.05) is 12.1 Å². The van der Waals surface area contributed by atoms with Crippen molar-refractivity contribution in [1.29, 1.82) is 0 Å². The zero-order valence-corrected chi connectivity index (χ0v) is 13.0. The van der Waals surface area contributed by atoms with Crippen molar-refractivity contribution in [3.8, 4) is 0 Å². The van der Waals surface area contributed by atoms with E-state index in [0.29, 0.717) is 5.56 Å². The van der Waals surface area contributed by atoms with E-state index in [1.54, 1.807) is 0 Å². The first-order valence-corrected chi connectivity index (χ1v) is 7.71. The Bertz CT molecular complexity index is 564. The summed E-state index contributed by atoms with van der Waals surface area (Å²) >= 11 is 3.48. The standard InChI is InChI=1S/C17H17BrF2/c1-2-3-4-12-5-7-13(8-6-12)17(18)15-10-9-14(19)11-16(15)20/h5-11,17H,2-4H2,1H3. The molecule has 1 unspecified atom stereocenters. The molecule has 0 bridgehead atoms. The third-order valence-corrected chi connectivity index (χ3v) is 4.35. The lowest BCUT2D eigenvalue weighted by Gasteiger charge is -2.12. The fraction of sp³-hybridized carbons (Fsp3) is 0.294. The van der Waals surface area contributed by atoms with Gasteiger partial charge in [-0.15, -0.1) is 0 Å². The van der Waals surface area contributed by atoms with Crippen molar-refractivity contribution in [3.05, 3.63) is 70.8 Å². The lowest BCUT2D eigenvalue weighted by Crippen LogP contribution is -1.98. The lowest BCUT2D eigenvalue weighted by atomic mass is 10.0. The molecule has 106 valence electrons. The average molecular weight is 339 g/mol. The monoisotopic (exact) mass is 338 g/mol. The summed E-state index contributed by atoms with van der Waals surface area (Å²) in [6, 6.07) is 11.8. The van der Waals surface area contributed by atoms with Gasteiger partial charge in [-0.1, -0.05) is 59.6 Å². The average Bonchev–Trinajstić information content (AvgIpc) is 2.45. The highest BCUT2D eigenvalue weighted by atomic mass is 79.9. The second-order valence-electron chi connectivity index (χ2n) is 4.87. The van der Waals surface area contributed by atoms with Gasteiger partial charge in [-0.05, 0) is 30.0 Å². The normalized spacial score (nSPS) is 12.4. The molecule has 0 fully saturated rings. The molecule has 2 rings (SSSR count). The zero-order chi connectivity index (χ0) is 14.5. The molecule has 1 atom stereocenters. The van der Waals surface area contributed by atoms with E-state index in [4.69, 9.17) is 0 Å². The summed E-state index contributed by atoms with van der Waals surface area (Å²) in [5.74, 6) is -1.08. The smallest absolute Gasteiger partial charge is 0.130 e. The number of rotatable bonds is 5. The summed E-state index contributed by atoms with van der Waals surface area (Å²) in [6.07, 6.45) is 3.40. The zero-order valence-electron chi connectivity index (χ0n) is 11.4. The van der Waals surface area contributed by atoms with Crippen LogP contribution in [0.25, 0.3) is 0 Å². The Kier molecular flexibility index (Phi) is 5.30. The van der Waals surface area contributed by atoms with Gasteiger partial charge in [-0.2, -0.15) is 0 Å². The molecule has 3 heteroatoms.